The molecule has 1 atom stereocenters. The Kier molecular flexibility index (Phi) is 14.1. The Labute approximate surface area is 318 Å². The fraction of sp³-hybridized carbons (Fsp3) is 0.115. The van der Waals surface area contributed by atoms with Gasteiger partial charge in [-0.3, -0.25) is 0 Å². The third-order valence-corrected chi connectivity index (χ3v) is 9.24. The predicted octanol–water partition coefficient (Wildman–Crippen LogP) is 14.3. The lowest BCUT2D eigenvalue weighted by Crippen LogP contribution is -2.22. The van der Waals surface area contributed by atoms with Crippen molar-refractivity contribution < 1.29 is 0 Å². The average Bonchev–Trinajstić information content (AvgIpc) is 3.20. The quantitative estimate of drug-likeness (QED) is 0.102. The summed E-state index contributed by atoms with van der Waals surface area (Å²) >= 11 is 0. The smallest absolute Gasteiger partial charge is 0.0539 e. The summed E-state index contributed by atoms with van der Waals surface area (Å²) in [6.07, 6.45) is 21.4. The predicted molar refractivity (Wildman–Crippen MR) is 233 cm³/mol. The Balaban J connectivity index is 1.66. The first-order valence-corrected chi connectivity index (χ1v) is 18.5. The maximum atomic E-state index is 4.01. The Morgan fingerprint density at radius 1 is 0.623 bits per heavy atom. The van der Waals surface area contributed by atoms with Crippen LogP contribution < -0.4 is 5.32 Å². The number of hydrogen-bond acceptors (Lipinski definition) is 1. The summed E-state index contributed by atoms with van der Waals surface area (Å²) in [6.45, 7) is 19.0. The van der Waals surface area contributed by atoms with Crippen LogP contribution in [0.4, 0.5) is 0 Å². The van der Waals surface area contributed by atoms with Crippen LogP contribution in [0.15, 0.2) is 207 Å². The van der Waals surface area contributed by atoms with Gasteiger partial charge in [0.05, 0.1) is 6.04 Å². The number of benzene rings is 5. The summed E-state index contributed by atoms with van der Waals surface area (Å²) in [5.74, 6) is 0. The van der Waals surface area contributed by atoms with Gasteiger partial charge < -0.3 is 5.32 Å². The van der Waals surface area contributed by atoms with Crippen LogP contribution in [0.1, 0.15) is 55.5 Å². The van der Waals surface area contributed by atoms with E-state index in [1.54, 1.807) is 6.08 Å². The molecule has 0 spiro atoms. The molecule has 0 fully saturated rings. The van der Waals surface area contributed by atoms with Gasteiger partial charge in [-0.05, 0) is 123 Å². The summed E-state index contributed by atoms with van der Waals surface area (Å²) in [6, 6.07) is 44.0. The van der Waals surface area contributed by atoms with Crippen LogP contribution in [-0.2, 0) is 6.54 Å². The molecule has 264 valence electrons. The van der Waals surface area contributed by atoms with Crippen molar-refractivity contribution in [2.75, 3.05) is 0 Å². The van der Waals surface area contributed by atoms with Gasteiger partial charge in [-0.2, -0.15) is 0 Å². The first-order chi connectivity index (χ1) is 26.0. The summed E-state index contributed by atoms with van der Waals surface area (Å²) < 4.78 is 0. The second-order valence-electron chi connectivity index (χ2n) is 13.1. The molecule has 0 heterocycles. The molecule has 1 N–H and O–H groups in total. The number of rotatable bonds is 16. The molecule has 0 amide bonds. The second kappa shape index (κ2) is 19.6. The highest BCUT2D eigenvalue weighted by Crippen LogP contribution is 2.35. The standard InChI is InChI=1S/C52H51N/c1-7-12-15-23-39(6)52(46-26-18-14-19-27-46)53-38-40-32-47(45-30-28-44(29-31-45)41(11-5)20-8-2)34-48(33-40)51-36-49(42(21-9-3)22-10-4)35-50(37-51)43-24-16-13-17-25-43/h8-37,52-53H,2-3,5,7,38H2,1,4,6H3/b15-12-,22-10-,39-23+,41-20+,42-21+. The van der Waals surface area contributed by atoms with E-state index in [1.807, 2.05) is 18.2 Å². The summed E-state index contributed by atoms with van der Waals surface area (Å²) in [5, 5.41) is 3.92. The second-order valence-corrected chi connectivity index (χ2v) is 13.1. The molecule has 1 nitrogen and oxygen atoms in total. The lowest BCUT2D eigenvalue weighted by atomic mass is 9.90. The highest BCUT2D eigenvalue weighted by Gasteiger charge is 2.15. The van der Waals surface area contributed by atoms with E-state index in [1.165, 1.54) is 27.8 Å². The van der Waals surface area contributed by atoms with Gasteiger partial charge in [-0.1, -0.05) is 178 Å². The van der Waals surface area contributed by atoms with Crippen molar-refractivity contribution in [2.24, 2.45) is 0 Å². The van der Waals surface area contributed by atoms with E-state index in [2.05, 4.69) is 204 Å². The van der Waals surface area contributed by atoms with Crippen molar-refractivity contribution in [1.29, 1.82) is 0 Å². The first-order valence-electron chi connectivity index (χ1n) is 18.5. The van der Waals surface area contributed by atoms with Crippen LogP contribution in [0.5, 0.6) is 0 Å². The zero-order valence-corrected chi connectivity index (χ0v) is 31.4. The molecule has 0 bridgehead atoms. The van der Waals surface area contributed by atoms with Gasteiger partial charge >= 0.3 is 0 Å². The zero-order valence-electron chi connectivity index (χ0n) is 31.4. The van der Waals surface area contributed by atoms with Crippen molar-refractivity contribution in [3.63, 3.8) is 0 Å². The summed E-state index contributed by atoms with van der Waals surface area (Å²) in [5.41, 5.74) is 15.1. The van der Waals surface area contributed by atoms with E-state index >= 15 is 0 Å². The van der Waals surface area contributed by atoms with Crippen LogP contribution in [0.3, 0.4) is 0 Å². The molecule has 0 aliphatic rings. The maximum Gasteiger partial charge on any atom is 0.0539 e. The van der Waals surface area contributed by atoms with E-state index in [-0.39, 0.29) is 6.04 Å². The topological polar surface area (TPSA) is 12.0 Å². The van der Waals surface area contributed by atoms with Gasteiger partial charge in [0.2, 0.25) is 0 Å². The monoisotopic (exact) mass is 689 g/mol. The first kappa shape index (κ1) is 38.2. The van der Waals surface area contributed by atoms with E-state index in [0.717, 1.165) is 50.9 Å². The van der Waals surface area contributed by atoms with Gasteiger partial charge in [0.15, 0.2) is 0 Å². The Morgan fingerprint density at radius 3 is 1.79 bits per heavy atom. The minimum absolute atomic E-state index is 0.0681. The fourth-order valence-electron chi connectivity index (χ4n) is 6.56. The maximum absolute atomic E-state index is 4.01. The SMILES string of the molecule is C=C/C=C(\C=C)c1ccc(-c2cc(CNC(/C(C)=C/C=C\CC)c3ccccc3)cc(-c3cc(C(/C=C\C)=C/C=C)cc(-c4ccccc4)c3)c2)cc1. The van der Waals surface area contributed by atoms with Crippen molar-refractivity contribution in [3.05, 3.63) is 230 Å². The van der Waals surface area contributed by atoms with Crippen LogP contribution in [0, 0.1) is 0 Å². The molecule has 5 aromatic carbocycles. The van der Waals surface area contributed by atoms with Gasteiger partial charge in [0.25, 0.3) is 0 Å². The Bertz CT molecular complexity index is 2150. The third kappa shape index (κ3) is 10.3. The van der Waals surface area contributed by atoms with Crippen LogP contribution in [0.2, 0.25) is 0 Å². The van der Waals surface area contributed by atoms with Crippen LogP contribution >= 0.6 is 0 Å². The van der Waals surface area contributed by atoms with Crippen LogP contribution in [0.25, 0.3) is 44.5 Å². The number of allylic oxidation sites excluding steroid dienone is 12. The molecule has 53 heavy (non-hydrogen) atoms. The van der Waals surface area contributed by atoms with Gasteiger partial charge in [-0.15, -0.1) is 0 Å². The minimum atomic E-state index is 0.0681. The van der Waals surface area contributed by atoms with Gasteiger partial charge in [0.1, 0.15) is 0 Å². The van der Waals surface area contributed by atoms with E-state index in [9.17, 15) is 0 Å². The van der Waals surface area contributed by atoms with E-state index in [4.69, 9.17) is 0 Å². The number of hydrogen-bond donors (Lipinski definition) is 1. The Hall–Kier alpha value is -6.02. The van der Waals surface area contributed by atoms with E-state index in [0.29, 0.717) is 6.54 Å². The van der Waals surface area contributed by atoms with E-state index < -0.39 is 0 Å². The highest BCUT2D eigenvalue weighted by molar-refractivity contribution is 5.85. The van der Waals surface area contributed by atoms with Crippen LogP contribution in [-0.4, -0.2) is 0 Å². The number of nitrogens with one attached hydrogen (secondary N) is 1. The van der Waals surface area contributed by atoms with Crippen molar-refractivity contribution in [1.82, 2.24) is 5.32 Å². The molecular formula is C52H51N. The molecule has 0 radical (unpaired) electrons. The molecule has 0 aromatic heterocycles. The zero-order chi connectivity index (χ0) is 37.4. The van der Waals surface area contributed by atoms with Crippen molar-refractivity contribution >= 4 is 11.1 Å². The lowest BCUT2D eigenvalue weighted by Gasteiger charge is -2.21. The molecular weight excluding hydrogens is 639 g/mol. The molecule has 0 saturated carbocycles. The summed E-state index contributed by atoms with van der Waals surface area (Å²) in [4.78, 5) is 0. The molecule has 0 aliphatic carbocycles. The molecule has 0 aliphatic heterocycles. The third-order valence-electron chi connectivity index (χ3n) is 9.24. The largest absolute Gasteiger partial charge is 0.302 e. The lowest BCUT2D eigenvalue weighted by molar-refractivity contribution is 0.595. The average molecular weight is 690 g/mol. The van der Waals surface area contributed by atoms with Crippen molar-refractivity contribution in [2.45, 2.75) is 39.8 Å². The Morgan fingerprint density at radius 2 is 1.19 bits per heavy atom. The molecule has 5 aromatic rings. The molecule has 5 rings (SSSR count). The minimum Gasteiger partial charge on any atom is -0.302 e. The summed E-state index contributed by atoms with van der Waals surface area (Å²) in [7, 11) is 0. The molecule has 1 heteroatoms. The normalized spacial score (nSPS) is 13.0. The van der Waals surface area contributed by atoms with Gasteiger partial charge in [-0.25, -0.2) is 0 Å². The van der Waals surface area contributed by atoms with Crippen molar-refractivity contribution in [3.8, 4) is 33.4 Å². The fourth-order valence-corrected chi connectivity index (χ4v) is 6.56. The van der Waals surface area contributed by atoms with Gasteiger partial charge in [0, 0.05) is 6.54 Å². The highest BCUT2D eigenvalue weighted by atomic mass is 14.9. The molecule has 1 unspecified atom stereocenters. The molecule has 0 saturated heterocycles.